The molecule has 2 nitrogen and oxygen atoms in total. The van der Waals surface area contributed by atoms with E-state index >= 15 is 0 Å². The van der Waals surface area contributed by atoms with Gasteiger partial charge in [-0.05, 0) is 12.8 Å². The van der Waals surface area contributed by atoms with Crippen molar-refractivity contribution >= 4 is 0 Å². The molecule has 98 valence electrons. The maximum absolute atomic E-state index is 9.69. The van der Waals surface area contributed by atoms with Crippen molar-refractivity contribution in [3.05, 3.63) is 0 Å². The van der Waals surface area contributed by atoms with Crippen LogP contribution in [0.25, 0.3) is 0 Å². The van der Waals surface area contributed by atoms with Gasteiger partial charge in [0.2, 0.25) is 0 Å². The standard InChI is InChI=1S/C15H26O2/c1-2-12-17-14-15(13-16)10-8-6-4-3-5-7-9-11-15/h1,16H,3-14H2. The minimum atomic E-state index is -0.0335. The van der Waals surface area contributed by atoms with E-state index < -0.39 is 0 Å². The molecule has 1 rings (SSSR count). The molecule has 0 aliphatic heterocycles. The Hall–Kier alpha value is -0.520. The van der Waals surface area contributed by atoms with Crippen molar-refractivity contribution < 1.29 is 9.84 Å². The van der Waals surface area contributed by atoms with E-state index in [-0.39, 0.29) is 12.0 Å². The summed E-state index contributed by atoms with van der Waals surface area (Å²) in [6.07, 6.45) is 16.4. The summed E-state index contributed by atoms with van der Waals surface area (Å²) in [6.45, 7) is 1.22. The second kappa shape index (κ2) is 8.55. The van der Waals surface area contributed by atoms with Crippen LogP contribution in [0, 0.1) is 17.8 Å². The van der Waals surface area contributed by atoms with Gasteiger partial charge in [0.1, 0.15) is 6.61 Å². The third-order valence-electron chi connectivity index (χ3n) is 3.84. The lowest BCUT2D eigenvalue weighted by molar-refractivity contribution is 0.00245. The number of rotatable bonds is 4. The smallest absolute Gasteiger partial charge is 0.107 e. The number of aliphatic hydroxyl groups is 1. The zero-order chi connectivity index (χ0) is 12.4. The van der Waals surface area contributed by atoms with Crippen LogP contribution in [0.5, 0.6) is 0 Å². The second-order valence-corrected chi connectivity index (χ2v) is 5.33. The van der Waals surface area contributed by atoms with Gasteiger partial charge in [-0.15, -0.1) is 6.42 Å². The Morgan fingerprint density at radius 2 is 1.53 bits per heavy atom. The van der Waals surface area contributed by atoms with Gasteiger partial charge in [0.15, 0.2) is 0 Å². The number of terminal acetylenes is 1. The number of hydrogen-bond acceptors (Lipinski definition) is 2. The molecule has 0 amide bonds. The maximum Gasteiger partial charge on any atom is 0.107 e. The number of aliphatic hydroxyl groups excluding tert-OH is 1. The molecular formula is C15H26O2. The van der Waals surface area contributed by atoms with E-state index in [2.05, 4.69) is 5.92 Å². The van der Waals surface area contributed by atoms with Crippen LogP contribution < -0.4 is 0 Å². The molecule has 0 radical (unpaired) electrons. The molecule has 0 saturated heterocycles. The lowest BCUT2D eigenvalue weighted by Gasteiger charge is -2.32. The molecule has 0 atom stereocenters. The number of ether oxygens (including phenoxy) is 1. The van der Waals surface area contributed by atoms with Crippen LogP contribution >= 0.6 is 0 Å². The Bertz CT molecular complexity index is 220. The fourth-order valence-corrected chi connectivity index (χ4v) is 2.68. The van der Waals surface area contributed by atoms with E-state index in [1.54, 1.807) is 0 Å². The van der Waals surface area contributed by atoms with Crippen molar-refractivity contribution in [1.82, 2.24) is 0 Å². The summed E-state index contributed by atoms with van der Waals surface area (Å²) in [5.74, 6) is 2.50. The summed E-state index contributed by atoms with van der Waals surface area (Å²) in [4.78, 5) is 0. The highest BCUT2D eigenvalue weighted by atomic mass is 16.5. The minimum Gasteiger partial charge on any atom is -0.396 e. The molecule has 0 unspecified atom stereocenters. The third-order valence-corrected chi connectivity index (χ3v) is 3.84. The highest BCUT2D eigenvalue weighted by Crippen LogP contribution is 2.33. The van der Waals surface area contributed by atoms with E-state index in [1.807, 2.05) is 0 Å². The van der Waals surface area contributed by atoms with Gasteiger partial charge in [-0.25, -0.2) is 0 Å². The van der Waals surface area contributed by atoms with Crippen molar-refractivity contribution in [2.45, 2.75) is 57.8 Å². The highest BCUT2D eigenvalue weighted by Gasteiger charge is 2.29. The molecule has 17 heavy (non-hydrogen) atoms. The molecule has 1 N–H and O–H groups in total. The largest absolute Gasteiger partial charge is 0.396 e. The number of hydrogen-bond donors (Lipinski definition) is 1. The van der Waals surface area contributed by atoms with Crippen molar-refractivity contribution in [2.24, 2.45) is 5.41 Å². The Kier molecular flexibility index (Phi) is 7.32. The van der Waals surface area contributed by atoms with Crippen molar-refractivity contribution in [3.8, 4) is 12.3 Å². The van der Waals surface area contributed by atoms with Crippen LogP contribution in [0.3, 0.4) is 0 Å². The molecule has 0 bridgehead atoms. The second-order valence-electron chi connectivity index (χ2n) is 5.33. The minimum absolute atomic E-state index is 0.0335. The molecule has 1 fully saturated rings. The molecule has 1 aliphatic rings. The van der Waals surface area contributed by atoms with Gasteiger partial charge in [0, 0.05) is 5.41 Å². The van der Waals surface area contributed by atoms with Crippen LogP contribution in [0.15, 0.2) is 0 Å². The predicted molar refractivity (Wildman–Crippen MR) is 70.7 cm³/mol. The Balaban J connectivity index is 2.47. The zero-order valence-corrected chi connectivity index (χ0v) is 10.9. The molecule has 1 aliphatic carbocycles. The van der Waals surface area contributed by atoms with Crippen LogP contribution in [0.4, 0.5) is 0 Å². The van der Waals surface area contributed by atoms with E-state index in [9.17, 15) is 5.11 Å². The van der Waals surface area contributed by atoms with Crippen LogP contribution in [0.1, 0.15) is 57.8 Å². The van der Waals surface area contributed by atoms with Crippen LogP contribution in [0.2, 0.25) is 0 Å². The molecule has 1 saturated carbocycles. The quantitative estimate of drug-likeness (QED) is 0.602. The monoisotopic (exact) mass is 238 g/mol. The molecule has 0 heterocycles. The lowest BCUT2D eigenvalue weighted by Crippen LogP contribution is -2.31. The Morgan fingerprint density at radius 1 is 1.00 bits per heavy atom. The summed E-state index contributed by atoms with van der Waals surface area (Å²) < 4.78 is 5.49. The fraction of sp³-hybridized carbons (Fsp3) is 0.867. The Labute approximate surface area is 106 Å². The van der Waals surface area contributed by atoms with E-state index in [0.717, 1.165) is 12.8 Å². The van der Waals surface area contributed by atoms with E-state index in [1.165, 1.54) is 44.9 Å². The molecule has 0 aromatic carbocycles. The summed E-state index contributed by atoms with van der Waals surface area (Å²) >= 11 is 0. The summed E-state index contributed by atoms with van der Waals surface area (Å²) in [6, 6.07) is 0. The molecular weight excluding hydrogens is 212 g/mol. The van der Waals surface area contributed by atoms with E-state index in [0.29, 0.717) is 13.2 Å². The van der Waals surface area contributed by atoms with Gasteiger partial charge in [-0.3, -0.25) is 0 Å². The fourth-order valence-electron chi connectivity index (χ4n) is 2.68. The predicted octanol–water partition coefficient (Wildman–Crippen LogP) is 3.14. The maximum atomic E-state index is 9.69. The topological polar surface area (TPSA) is 29.5 Å². The van der Waals surface area contributed by atoms with Gasteiger partial charge in [0.05, 0.1) is 13.2 Å². The van der Waals surface area contributed by atoms with Gasteiger partial charge >= 0.3 is 0 Å². The Morgan fingerprint density at radius 3 is 2.00 bits per heavy atom. The average Bonchev–Trinajstić information content (AvgIpc) is 2.37. The molecule has 0 spiro atoms. The average molecular weight is 238 g/mol. The zero-order valence-electron chi connectivity index (χ0n) is 10.9. The summed E-state index contributed by atoms with van der Waals surface area (Å²) in [7, 11) is 0. The highest BCUT2D eigenvalue weighted by molar-refractivity contribution is 4.85. The first-order valence-corrected chi connectivity index (χ1v) is 6.95. The first-order chi connectivity index (χ1) is 8.33. The molecule has 2 heteroatoms. The van der Waals surface area contributed by atoms with Gasteiger partial charge in [-0.2, -0.15) is 0 Å². The van der Waals surface area contributed by atoms with Gasteiger partial charge in [-0.1, -0.05) is 50.9 Å². The molecule has 0 aromatic heterocycles. The summed E-state index contributed by atoms with van der Waals surface area (Å²) in [5.41, 5.74) is -0.0335. The first kappa shape index (κ1) is 14.5. The first-order valence-electron chi connectivity index (χ1n) is 6.95. The van der Waals surface area contributed by atoms with Crippen molar-refractivity contribution in [3.63, 3.8) is 0 Å². The normalized spacial score (nSPS) is 21.6. The summed E-state index contributed by atoms with van der Waals surface area (Å²) in [5, 5.41) is 9.69. The van der Waals surface area contributed by atoms with E-state index in [4.69, 9.17) is 11.2 Å². The van der Waals surface area contributed by atoms with Gasteiger partial charge in [0.25, 0.3) is 0 Å². The van der Waals surface area contributed by atoms with Crippen molar-refractivity contribution in [2.75, 3.05) is 19.8 Å². The molecule has 0 aromatic rings. The SMILES string of the molecule is C#CCOCC1(CO)CCCCCCCCC1. The lowest BCUT2D eigenvalue weighted by atomic mass is 9.78. The van der Waals surface area contributed by atoms with Crippen LogP contribution in [-0.2, 0) is 4.74 Å². The van der Waals surface area contributed by atoms with Gasteiger partial charge < -0.3 is 9.84 Å². The third kappa shape index (κ3) is 5.57. The van der Waals surface area contributed by atoms with Crippen LogP contribution in [-0.4, -0.2) is 24.9 Å². The van der Waals surface area contributed by atoms with Crippen molar-refractivity contribution in [1.29, 1.82) is 0 Å².